The largest absolute Gasteiger partial charge is 0.465 e. The highest BCUT2D eigenvalue weighted by atomic mass is 35.5. The highest BCUT2D eigenvalue weighted by Gasteiger charge is 2.35. The Bertz CT molecular complexity index is 851. The van der Waals surface area contributed by atoms with Crippen LogP contribution in [0.1, 0.15) is 16.8 Å². The molecule has 0 aromatic heterocycles. The van der Waals surface area contributed by atoms with Crippen LogP contribution < -0.4 is 10.2 Å². The van der Waals surface area contributed by atoms with Gasteiger partial charge in [0.15, 0.2) is 0 Å². The number of halogens is 1. The highest BCUT2D eigenvalue weighted by Crippen LogP contribution is 2.27. The van der Waals surface area contributed by atoms with E-state index in [1.165, 1.54) is 7.11 Å². The molecule has 134 valence electrons. The van der Waals surface area contributed by atoms with Gasteiger partial charge in [-0.05, 0) is 36.4 Å². The van der Waals surface area contributed by atoms with Crippen molar-refractivity contribution >= 4 is 40.8 Å². The number of esters is 1. The molecule has 1 atom stereocenters. The first-order valence-corrected chi connectivity index (χ1v) is 8.41. The van der Waals surface area contributed by atoms with Gasteiger partial charge in [-0.15, -0.1) is 0 Å². The molecule has 2 amide bonds. The van der Waals surface area contributed by atoms with Gasteiger partial charge in [-0.25, -0.2) is 4.79 Å². The van der Waals surface area contributed by atoms with E-state index in [9.17, 15) is 14.4 Å². The van der Waals surface area contributed by atoms with E-state index in [4.69, 9.17) is 16.3 Å². The monoisotopic (exact) mass is 372 g/mol. The zero-order valence-corrected chi connectivity index (χ0v) is 14.8. The molecule has 1 fully saturated rings. The molecule has 1 aliphatic heterocycles. The normalized spacial score (nSPS) is 16.5. The SMILES string of the molecule is COC(=O)c1ccccc1NC(=O)C1CC(=O)N(c2ccc(Cl)cc2)C1. The number of nitrogens with zero attached hydrogens (tertiary/aromatic N) is 1. The summed E-state index contributed by atoms with van der Waals surface area (Å²) in [5.41, 5.74) is 1.33. The maximum absolute atomic E-state index is 12.6. The topological polar surface area (TPSA) is 75.7 Å². The van der Waals surface area contributed by atoms with Gasteiger partial charge in [0.1, 0.15) is 0 Å². The van der Waals surface area contributed by atoms with Crippen LogP contribution in [-0.2, 0) is 14.3 Å². The maximum Gasteiger partial charge on any atom is 0.339 e. The van der Waals surface area contributed by atoms with E-state index >= 15 is 0 Å². The number of ether oxygens (including phenoxy) is 1. The molecule has 3 rings (SSSR count). The van der Waals surface area contributed by atoms with Gasteiger partial charge in [-0.2, -0.15) is 0 Å². The zero-order valence-electron chi connectivity index (χ0n) is 14.1. The summed E-state index contributed by atoms with van der Waals surface area (Å²) in [4.78, 5) is 38.2. The summed E-state index contributed by atoms with van der Waals surface area (Å²) >= 11 is 5.87. The van der Waals surface area contributed by atoms with Crippen molar-refractivity contribution in [3.05, 3.63) is 59.1 Å². The van der Waals surface area contributed by atoms with E-state index in [1.807, 2.05) is 0 Å². The lowest BCUT2D eigenvalue weighted by molar-refractivity contribution is -0.122. The number of methoxy groups -OCH3 is 1. The number of benzene rings is 2. The number of nitrogens with one attached hydrogen (secondary N) is 1. The second-order valence-corrected chi connectivity index (χ2v) is 6.34. The van der Waals surface area contributed by atoms with Crippen LogP contribution in [0.15, 0.2) is 48.5 Å². The molecule has 0 bridgehead atoms. The highest BCUT2D eigenvalue weighted by molar-refractivity contribution is 6.30. The Morgan fingerprint density at radius 1 is 1.15 bits per heavy atom. The molecule has 2 aromatic carbocycles. The molecule has 1 N–H and O–H groups in total. The van der Waals surface area contributed by atoms with Crippen LogP contribution in [0, 0.1) is 5.92 Å². The lowest BCUT2D eigenvalue weighted by Gasteiger charge is -2.17. The molecule has 1 aliphatic rings. The average Bonchev–Trinajstić information content (AvgIpc) is 3.04. The summed E-state index contributed by atoms with van der Waals surface area (Å²) < 4.78 is 4.72. The fraction of sp³-hybridized carbons (Fsp3) is 0.211. The molecule has 26 heavy (non-hydrogen) atoms. The van der Waals surface area contributed by atoms with E-state index in [0.717, 1.165) is 0 Å². The molecule has 0 aliphatic carbocycles. The molecule has 1 unspecified atom stereocenters. The van der Waals surface area contributed by atoms with E-state index in [0.29, 0.717) is 16.4 Å². The quantitative estimate of drug-likeness (QED) is 0.837. The van der Waals surface area contributed by atoms with Crippen LogP contribution in [0.5, 0.6) is 0 Å². The minimum atomic E-state index is -0.536. The summed E-state index contributed by atoms with van der Waals surface area (Å²) in [5, 5.41) is 3.31. The number of carbonyl (C=O) groups excluding carboxylic acids is 3. The Morgan fingerprint density at radius 2 is 1.85 bits per heavy atom. The van der Waals surface area contributed by atoms with Crippen molar-refractivity contribution in [3.63, 3.8) is 0 Å². The van der Waals surface area contributed by atoms with Crippen molar-refractivity contribution < 1.29 is 19.1 Å². The summed E-state index contributed by atoms with van der Waals surface area (Å²) in [5.74, 6) is -1.49. The Balaban J connectivity index is 1.73. The molecular formula is C19H17ClN2O4. The number of para-hydroxylation sites is 1. The fourth-order valence-corrected chi connectivity index (χ4v) is 2.99. The Kier molecular flexibility index (Phi) is 5.23. The minimum Gasteiger partial charge on any atom is -0.465 e. The number of hydrogen-bond acceptors (Lipinski definition) is 4. The third-order valence-corrected chi connectivity index (χ3v) is 4.48. The van der Waals surface area contributed by atoms with Crippen LogP contribution in [0.3, 0.4) is 0 Å². The fourth-order valence-electron chi connectivity index (χ4n) is 2.87. The molecular weight excluding hydrogens is 356 g/mol. The van der Waals surface area contributed by atoms with Gasteiger partial charge in [0, 0.05) is 23.7 Å². The van der Waals surface area contributed by atoms with Crippen molar-refractivity contribution in [1.82, 2.24) is 0 Å². The zero-order chi connectivity index (χ0) is 18.7. The van der Waals surface area contributed by atoms with Crippen molar-refractivity contribution in [2.45, 2.75) is 6.42 Å². The first kappa shape index (κ1) is 17.9. The van der Waals surface area contributed by atoms with E-state index in [-0.39, 0.29) is 30.3 Å². The molecule has 2 aromatic rings. The van der Waals surface area contributed by atoms with Crippen molar-refractivity contribution in [1.29, 1.82) is 0 Å². The van der Waals surface area contributed by atoms with Crippen molar-refractivity contribution in [3.8, 4) is 0 Å². The van der Waals surface area contributed by atoms with Gasteiger partial charge in [0.25, 0.3) is 0 Å². The molecule has 1 saturated heterocycles. The van der Waals surface area contributed by atoms with E-state index in [2.05, 4.69) is 5.32 Å². The summed E-state index contributed by atoms with van der Waals surface area (Å²) in [6.07, 6.45) is 0.106. The predicted octanol–water partition coefficient (Wildman–Crippen LogP) is 3.12. The van der Waals surface area contributed by atoms with Crippen LogP contribution in [0.4, 0.5) is 11.4 Å². The molecule has 0 saturated carbocycles. The van der Waals surface area contributed by atoms with Crippen molar-refractivity contribution in [2.75, 3.05) is 23.9 Å². The smallest absolute Gasteiger partial charge is 0.339 e. The maximum atomic E-state index is 12.6. The van der Waals surface area contributed by atoms with Gasteiger partial charge >= 0.3 is 5.97 Å². The second kappa shape index (κ2) is 7.58. The van der Waals surface area contributed by atoms with Gasteiger partial charge in [0.05, 0.1) is 24.3 Å². The van der Waals surface area contributed by atoms with Crippen LogP contribution in [-0.4, -0.2) is 31.4 Å². The minimum absolute atomic E-state index is 0.106. The van der Waals surface area contributed by atoms with Gasteiger partial charge in [0.2, 0.25) is 11.8 Å². The summed E-state index contributed by atoms with van der Waals surface area (Å²) in [6, 6.07) is 13.5. The first-order valence-electron chi connectivity index (χ1n) is 8.03. The number of anilines is 2. The molecule has 0 spiro atoms. The molecule has 1 heterocycles. The number of carbonyl (C=O) groups is 3. The number of rotatable bonds is 4. The Hall–Kier alpha value is -2.86. The van der Waals surface area contributed by atoms with Crippen molar-refractivity contribution in [2.24, 2.45) is 5.92 Å². The molecule has 0 radical (unpaired) electrons. The van der Waals surface area contributed by atoms with E-state index in [1.54, 1.807) is 53.4 Å². The Morgan fingerprint density at radius 3 is 2.54 bits per heavy atom. The van der Waals surface area contributed by atoms with Gasteiger partial charge < -0.3 is 15.0 Å². The lowest BCUT2D eigenvalue weighted by Crippen LogP contribution is -2.28. The van der Waals surface area contributed by atoms with E-state index < -0.39 is 11.9 Å². The third-order valence-electron chi connectivity index (χ3n) is 4.22. The Labute approximate surface area is 155 Å². The molecule has 6 nitrogen and oxygen atoms in total. The predicted molar refractivity (Wildman–Crippen MR) is 98.3 cm³/mol. The summed E-state index contributed by atoms with van der Waals surface area (Å²) in [6.45, 7) is 0.271. The number of amides is 2. The van der Waals surface area contributed by atoms with Gasteiger partial charge in [-0.3, -0.25) is 9.59 Å². The second-order valence-electron chi connectivity index (χ2n) is 5.91. The third kappa shape index (κ3) is 3.70. The standard InChI is InChI=1S/C19H17ClN2O4/c1-26-19(25)15-4-2-3-5-16(15)21-18(24)12-10-17(23)22(11-12)14-8-6-13(20)7-9-14/h2-9,12H,10-11H2,1H3,(H,21,24). The lowest BCUT2D eigenvalue weighted by atomic mass is 10.1. The first-order chi connectivity index (χ1) is 12.5. The molecule has 7 heteroatoms. The van der Waals surface area contributed by atoms with Crippen LogP contribution in [0.2, 0.25) is 5.02 Å². The van der Waals surface area contributed by atoms with Gasteiger partial charge in [-0.1, -0.05) is 23.7 Å². The van der Waals surface area contributed by atoms with Crippen LogP contribution >= 0.6 is 11.6 Å². The summed E-state index contributed by atoms with van der Waals surface area (Å²) in [7, 11) is 1.28. The average molecular weight is 373 g/mol. The number of hydrogen-bond donors (Lipinski definition) is 1. The van der Waals surface area contributed by atoms with Crippen LogP contribution in [0.25, 0.3) is 0 Å².